The smallest absolute Gasteiger partial charge is 0.283 e. The normalized spacial score (nSPS) is 17.8. The van der Waals surface area contributed by atoms with Gasteiger partial charge in [0.1, 0.15) is 5.54 Å². The second-order valence-electron chi connectivity index (χ2n) is 10.3. The summed E-state index contributed by atoms with van der Waals surface area (Å²) in [5, 5.41) is 0. The van der Waals surface area contributed by atoms with Crippen molar-refractivity contribution in [3.63, 3.8) is 0 Å². The Morgan fingerprint density at radius 3 is 1.89 bits per heavy atom. The molecule has 3 aromatic carbocycles. The van der Waals surface area contributed by atoms with Gasteiger partial charge in [-0.2, -0.15) is 0 Å². The van der Waals surface area contributed by atoms with E-state index < -0.39 is 11.1 Å². The van der Waals surface area contributed by atoms with Crippen LogP contribution in [0.4, 0.5) is 5.69 Å². The third kappa shape index (κ3) is 4.63. The van der Waals surface area contributed by atoms with Crippen LogP contribution < -0.4 is 4.90 Å². The Bertz CT molecular complexity index is 1170. The van der Waals surface area contributed by atoms with Crippen molar-refractivity contribution in [3.8, 4) is 0 Å². The average molecular weight is 493 g/mol. The number of nitrogens with zero attached hydrogens (tertiary/aromatic N) is 4. The second kappa shape index (κ2) is 10.8. The quantitative estimate of drug-likeness (QED) is 0.373. The van der Waals surface area contributed by atoms with Crippen LogP contribution in [0.1, 0.15) is 43.7 Å². The van der Waals surface area contributed by atoms with Crippen LogP contribution in [0.2, 0.25) is 0 Å². The molecule has 2 saturated heterocycles. The highest BCUT2D eigenvalue weighted by Crippen LogP contribution is 2.41. The molecule has 190 valence electrons. The van der Waals surface area contributed by atoms with Gasteiger partial charge in [0.25, 0.3) is 5.54 Å². The number of para-hydroxylation sites is 1. The number of piperidine rings is 1. The van der Waals surface area contributed by atoms with E-state index in [-0.39, 0.29) is 5.91 Å². The van der Waals surface area contributed by atoms with Crippen LogP contribution in [0.15, 0.2) is 91.0 Å². The molecule has 37 heavy (non-hydrogen) atoms. The van der Waals surface area contributed by atoms with E-state index in [2.05, 4.69) is 70.1 Å². The monoisotopic (exact) mass is 492 g/mol. The summed E-state index contributed by atoms with van der Waals surface area (Å²) in [4.78, 5) is 24.8. The fourth-order valence-electron chi connectivity index (χ4n) is 6.18. The highest BCUT2D eigenvalue weighted by atomic mass is 16.2. The summed E-state index contributed by atoms with van der Waals surface area (Å²) < 4.78 is 0. The van der Waals surface area contributed by atoms with Crippen LogP contribution in [-0.2, 0) is 10.3 Å². The fraction of sp³-hybridized carbons (Fsp3) is 0.375. The van der Waals surface area contributed by atoms with Gasteiger partial charge < -0.3 is 14.7 Å². The molecule has 2 heterocycles. The fourth-order valence-corrected chi connectivity index (χ4v) is 6.18. The summed E-state index contributed by atoms with van der Waals surface area (Å²) >= 11 is 0. The van der Waals surface area contributed by atoms with E-state index in [1.54, 1.807) is 0 Å². The number of anilines is 1. The maximum Gasteiger partial charge on any atom is 0.283 e. The standard InChI is InChI=1S/C32H36N4O/c1-3-22-35-26-36(29-17-11-6-12-18-29)31(30(35)37)19-23-34(24-20-31)25-21-32(33-2,27-13-7-4-8-14-27)28-15-9-5-10-16-28/h4-18H,3,19-26H2,1H3. The predicted octanol–water partition coefficient (Wildman–Crippen LogP) is 5.79. The molecule has 1 spiro atoms. The number of likely N-dealkylation sites (tertiary alicyclic amines) is 1. The summed E-state index contributed by atoms with van der Waals surface area (Å²) in [7, 11) is 0. The molecule has 2 aliphatic heterocycles. The van der Waals surface area contributed by atoms with Crippen molar-refractivity contribution >= 4 is 11.6 Å². The van der Waals surface area contributed by atoms with E-state index >= 15 is 0 Å². The molecule has 5 nitrogen and oxygen atoms in total. The first kappa shape index (κ1) is 25.0. The molecule has 3 aromatic rings. The molecule has 0 aliphatic carbocycles. The van der Waals surface area contributed by atoms with Crippen molar-refractivity contribution in [1.82, 2.24) is 9.80 Å². The van der Waals surface area contributed by atoms with Gasteiger partial charge in [0.15, 0.2) is 0 Å². The van der Waals surface area contributed by atoms with Crippen molar-refractivity contribution in [2.45, 2.75) is 43.7 Å². The molecule has 0 radical (unpaired) electrons. The number of benzene rings is 3. The first-order chi connectivity index (χ1) is 18.1. The number of hydrogen-bond acceptors (Lipinski definition) is 3. The van der Waals surface area contributed by atoms with E-state index in [0.29, 0.717) is 6.67 Å². The third-order valence-electron chi connectivity index (χ3n) is 8.24. The first-order valence-corrected chi connectivity index (χ1v) is 13.5. The highest BCUT2D eigenvalue weighted by molar-refractivity contribution is 5.93. The number of rotatable bonds is 8. The SMILES string of the molecule is [C-]#[N+]C(CCN1CCC2(CC1)C(=O)N(CCC)CN2c1ccccc1)(c1ccccc1)c1ccccc1. The lowest BCUT2D eigenvalue weighted by atomic mass is 9.80. The largest absolute Gasteiger partial charge is 0.339 e. The number of hydrogen-bond donors (Lipinski definition) is 0. The molecule has 0 N–H and O–H groups in total. The number of carbonyl (C=O) groups excluding carboxylic acids is 1. The molecule has 5 heteroatoms. The Morgan fingerprint density at radius 1 is 0.838 bits per heavy atom. The van der Waals surface area contributed by atoms with Gasteiger partial charge in [0, 0.05) is 49.4 Å². The first-order valence-electron chi connectivity index (χ1n) is 13.5. The lowest BCUT2D eigenvalue weighted by Gasteiger charge is -2.43. The Labute approximate surface area is 221 Å². The molecule has 2 fully saturated rings. The van der Waals surface area contributed by atoms with Crippen molar-refractivity contribution < 1.29 is 4.79 Å². The van der Waals surface area contributed by atoms with Crippen molar-refractivity contribution in [2.24, 2.45) is 0 Å². The van der Waals surface area contributed by atoms with Gasteiger partial charge in [-0.1, -0.05) is 85.8 Å². The molecular formula is C32H36N4O. The Balaban J connectivity index is 1.35. The Hall–Kier alpha value is -3.62. The summed E-state index contributed by atoms with van der Waals surface area (Å²) in [6.07, 6.45) is 3.30. The Kier molecular flexibility index (Phi) is 7.30. The molecule has 0 aromatic heterocycles. The van der Waals surface area contributed by atoms with Crippen molar-refractivity contribution in [1.29, 1.82) is 0 Å². The van der Waals surface area contributed by atoms with Gasteiger partial charge in [0.2, 0.25) is 5.91 Å². The minimum atomic E-state index is -0.713. The van der Waals surface area contributed by atoms with Gasteiger partial charge in [-0.3, -0.25) is 9.64 Å². The van der Waals surface area contributed by atoms with E-state index in [4.69, 9.17) is 6.57 Å². The Morgan fingerprint density at radius 2 is 1.38 bits per heavy atom. The molecule has 0 bridgehead atoms. The van der Waals surface area contributed by atoms with Gasteiger partial charge in [-0.15, -0.1) is 0 Å². The zero-order chi connectivity index (χ0) is 25.7. The van der Waals surface area contributed by atoms with Crippen LogP contribution in [0.5, 0.6) is 0 Å². The van der Waals surface area contributed by atoms with Crippen LogP contribution in [0.3, 0.4) is 0 Å². The summed E-state index contributed by atoms with van der Waals surface area (Å²) in [5.41, 5.74) is 2.03. The minimum absolute atomic E-state index is 0.280. The van der Waals surface area contributed by atoms with Crippen molar-refractivity contribution in [3.05, 3.63) is 114 Å². The molecule has 0 unspecified atom stereocenters. The van der Waals surface area contributed by atoms with Gasteiger partial charge in [-0.05, 0) is 31.4 Å². The molecule has 5 rings (SSSR count). The summed E-state index contributed by atoms with van der Waals surface area (Å²) in [5.74, 6) is 0.280. The number of carbonyl (C=O) groups is 1. The highest BCUT2D eigenvalue weighted by Gasteiger charge is 2.53. The molecule has 0 saturated carbocycles. The topological polar surface area (TPSA) is 31.2 Å². The molecular weight excluding hydrogens is 456 g/mol. The molecule has 0 atom stereocenters. The third-order valence-corrected chi connectivity index (χ3v) is 8.24. The van der Waals surface area contributed by atoms with E-state index in [1.807, 2.05) is 47.4 Å². The maximum atomic E-state index is 13.7. The van der Waals surface area contributed by atoms with Gasteiger partial charge >= 0.3 is 0 Å². The maximum absolute atomic E-state index is 13.7. The van der Waals surface area contributed by atoms with Crippen LogP contribution >= 0.6 is 0 Å². The van der Waals surface area contributed by atoms with Gasteiger partial charge in [-0.25, -0.2) is 6.57 Å². The lowest BCUT2D eigenvalue weighted by molar-refractivity contribution is -0.133. The van der Waals surface area contributed by atoms with Crippen LogP contribution in [0.25, 0.3) is 4.85 Å². The number of amides is 1. The molecule has 2 aliphatic rings. The summed E-state index contributed by atoms with van der Waals surface area (Å²) in [6, 6.07) is 30.8. The average Bonchev–Trinajstić information content (AvgIpc) is 3.23. The van der Waals surface area contributed by atoms with Crippen molar-refractivity contribution in [2.75, 3.05) is 37.7 Å². The summed E-state index contributed by atoms with van der Waals surface area (Å²) in [6.45, 7) is 14.4. The van der Waals surface area contributed by atoms with E-state index in [9.17, 15) is 4.79 Å². The minimum Gasteiger partial charge on any atom is -0.339 e. The lowest BCUT2D eigenvalue weighted by Crippen LogP contribution is -2.56. The van der Waals surface area contributed by atoms with Gasteiger partial charge in [0.05, 0.1) is 6.67 Å². The van der Waals surface area contributed by atoms with E-state index in [0.717, 1.165) is 68.7 Å². The van der Waals surface area contributed by atoms with E-state index in [1.165, 1.54) is 0 Å². The van der Waals surface area contributed by atoms with Crippen LogP contribution in [-0.4, -0.2) is 54.1 Å². The predicted molar refractivity (Wildman–Crippen MR) is 149 cm³/mol. The zero-order valence-electron chi connectivity index (χ0n) is 21.7. The van der Waals surface area contributed by atoms with Crippen LogP contribution in [0, 0.1) is 6.57 Å². The molecule has 1 amide bonds. The second-order valence-corrected chi connectivity index (χ2v) is 10.3. The zero-order valence-corrected chi connectivity index (χ0v) is 21.7.